The van der Waals surface area contributed by atoms with Crippen LogP contribution in [-0.2, 0) is 45.9 Å². The number of carbonyl (C=O) groups excluding carboxylic acids is 2. The second-order valence-electron chi connectivity index (χ2n) is 15.2. The van der Waals surface area contributed by atoms with Gasteiger partial charge in [-0.05, 0) is 31.4 Å². The molecule has 62 heavy (non-hydrogen) atoms. The molecule has 7 atom stereocenters. The third-order valence-corrected chi connectivity index (χ3v) is 13.6. The molecule has 23 nitrogen and oxygen atoms in total. The Morgan fingerprint density at radius 2 is 1.61 bits per heavy atom. The van der Waals surface area contributed by atoms with Crippen LogP contribution in [-0.4, -0.2) is 123 Å². The van der Waals surface area contributed by atoms with Gasteiger partial charge in [-0.25, -0.2) is 28.6 Å². The first-order chi connectivity index (χ1) is 29.2. The number of carbonyl (C=O) groups is 2. The molecule has 2 amide bonds. The van der Waals surface area contributed by atoms with E-state index in [9.17, 15) is 53.1 Å². The molecule has 2 unspecified atom stereocenters. The third-order valence-electron chi connectivity index (χ3n) is 9.45. The Morgan fingerprint density at radius 1 is 0.952 bits per heavy atom. The molecule has 27 heteroatoms. The van der Waals surface area contributed by atoms with Crippen molar-refractivity contribution < 1.29 is 75.7 Å². The number of amides is 2. The van der Waals surface area contributed by atoms with Crippen molar-refractivity contribution in [1.82, 2.24) is 30.2 Å². The van der Waals surface area contributed by atoms with Crippen molar-refractivity contribution in [2.75, 3.05) is 43.5 Å². The van der Waals surface area contributed by atoms with Crippen LogP contribution >= 0.6 is 35.2 Å². The average Bonchev–Trinajstić information content (AvgIpc) is 3.75. The van der Waals surface area contributed by atoms with Crippen LogP contribution in [0, 0.1) is 5.41 Å². The summed E-state index contributed by atoms with van der Waals surface area (Å²) in [4.78, 5) is 76.0. The van der Waals surface area contributed by atoms with Crippen LogP contribution in [0.5, 0.6) is 0 Å². The largest absolute Gasteiger partial charge is 0.481 e. The van der Waals surface area contributed by atoms with E-state index in [2.05, 4.69) is 53.5 Å². The number of phosphoric ester groups is 3. The van der Waals surface area contributed by atoms with Crippen molar-refractivity contribution in [3.05, 3.63) is 24.8 Å². The smallest absolute Gasteiger partial charge is 0.386 e. The van der Waals surface area contributed by atoms with E-state index in [0.29, 0.717) is 6.54 Å². The predicted octanol–water partition coefficient (Wildman–Crippen LogP) is 3.62. The van der Waals surface area contributed by atoms with Gasteiger partial charge in [-0.2, -0.15) is 16.1 Å². The summed E-state index contributed by atoms with van der Waals surface area (Å²) in [5.74, 6) is 0.503. The SMILES string of the molecule is CCCC/C=C\CCCCCCCCSCCNC(=O)CCNC(=O)[C@H](O)C(C)(C)COP(=O)(O)OP(=O)(O)OC[C@H]1O[C@@H](n2cnc3c(N)ncnc32)[C@H](O)[C@@H]1OP(=O)(O)O. The standard InChI is InChI=1S/C35H62N7O16P3S/c1-4-5-6-7-8-9-10-11-12-13-14-15-19-62-20-18-37-26(43)16-17-38-33(46)30(45)35(2,3)22-55-61(52,53)58-60(50,51)54-21-25-29(57-59(47,48)49)28(44)34(56-25)42-24-41-27-31(36)39-23-40-32(27)42/h7-8,23-25,28-30,34,44-45H,4-6,9-22H2,1-3H3,(H,37,43)(H,38,46)(H,50,51)(H,52,53)(H2,36,39,40)(H2,47,48,49)/b8-7-/t25-,28-,29-,30+,34-/m1/s1. The quantitative estimate of drug-likeness (QED) is 0.0296. The fraction of sp³-hybridized carbons (Fsp3) is 0.743. The van der Waals surface area contributed by atoms with Crippen molar-refractivity contribution in [1.29, 1.82) is 0 Å². The molecular formula is C35H62N7O16P3S. The minimum atomic E-state index is -5.55. The minimum absolute atomic E-state index is 0.0329. The van der Waals surface area contributed by atoms with Crippen LogP contribution < -0.4 is 16.4 Å². The number of allylic oxidation sites excluding steroid dienone is 2. The molecule has 2 aromatic heterocycles. The molecule has 0 aliphatic carbocycles. The van der Waals surface area contributed by atoms with E-state index in [1.807, 2.05) is 0 Å². The molecule has 1 fully saturated rings. The minimum Gasteiger partial charge on any atom is -0.386 e. The number of nitrogens with one attached hydrogen (secondary N) is 2. The van der Waals surface area contributed by atoms with E-state index in [0.717, 1.165) is 41.6 Å². The highest BCUT2D eigenvalue weighted by atomic mass is 32.2. The summed E-state index contributed by atoms with van der Waals surface area (Å²) in [6.07, 6.45) is 9.97. The number of fused-ring (bicyclic) bond motifs is 1. The number of hydrogen-bond acceptors (Lipinski definition) is 17. The summed E-state index contributed by atoms with van der Waals surface area (Å²) in [5.41, 5.74) is 4.34. The van der Waals surface area contributed by atoms with E-state index in [4.69, 9.17) is 19.5 Å². The van der Waals surface area contributed by atoms with Crippen molar-refractivity contribution in [3.63, 3.8) is 0 Å². The van der Waals surface area contributed by atoms with Gasteiger partial charge in [0.05, 0.1) is 19.5 Å². The summed E-state index contributed by atoms with van der Waals surface area (Å²) in [6.45, 7) is 3.16. The van der Waals surface area contributed by atoms with Crippen molar-refractivity contribution >= 4 is 64.0 Å². The number of anilines is 1. The van der Waals surface area contributed by atoms with E-state index in [1.54, 1.807) is 11.8 Å². The Bertz CT molecular complexity index is 1890. The molecule has 0 spiro atoms. The van der Waals surface area contributed by atoms with Gasteiger partial charge in [0, 0.05) is 30.7 Å². The number of nitrogens with zero attached hydrogens (tertiary/aromatic N) is 4. The summed E-state index contributed by atoms with van der Waals surface area (Å²) in [6, 6.07) is 0. The summed E-state index contributed by atoms with van der Waals surface area (Å²) < 4.78 is 62.4. The van der Waals surface area contributed by atoms with Gasteiger partial charge in [0.1, 0.15) is 36.3 Å². The molecule has 0 saturated carbocycles. The fourth-order valence-electron chi connectivity index (χ4n) is 6.04. The van der Waals surface area contributed by atoms with Gasteiger partial charge in [-0.1, -0.05) is 71.4 Å². The van der Waals surface area contributed by atoms with E-state index in [-0.39, 0.29) is 35.9 Å². The zero-order chi connectivity index (χ0) is 46.0. The number of ether oxygens (including phenoxy) is 1. The van der Waals surface area contributed by atoms with Gasteiger partial charge in [0.25, 0.3) is 0 Å². The van der Waals surface area contributed by atoms with Crippen molar-refractivity contribution in [2.24, 2.45) is 5.41 Å². The number of phosphoric acid groups is 3. The summed E-state index contributed by atoms with van der Waals surface area (Å²) >= 11 is 1.76. The number of aliphatic hydroxyl groups is 2. The second kappa shape index (κ2) is 25.9. The highest BCUT2D eigenvalue weighted by Gasteiger charge is 2.50. The molecular weight excluding hydrogens is 899 g/mol. The van der Waals surface area contributed by atoms with E-state index in [1.165, 1.54) is 65.2 Å². The first-order valence-corrected chi connectivity index (χ1v) is 26.0. The predicted molar refractivity (Wildman–Crippen MR) is 228 cm³/mol. The normalized spacial score (nSPS) is 20.9. The zero-order valence-electron chi connectivity index (χ0n) is 35.1. The number of rotatable bonds is 31. The first kappa shape index (κ1) is 54.0. The molecule has 354 valence electrons. The fourth-order valence-corrected chi connectivity index (χ4v) is 9.72. The van der Waals surface area contributed by atoms with Gasteiger partial charge >= 0.3 is 23.5 Å². The molecule has 1 aliphatic rings. The number of thioether (sulfide) groups is 1. The molecule has 3 rings (SSSR count). The van der Waals surface area contributed by atoms with Crippen LogP contribution in [0.3, 0.4) is 0 Å². The highest BCUT2D eigenvalue weighted by Crippen LogP contribution is 2.61. The maximum absolute atomic E-state index is 12.7. The van der Waals surface area contributed by atoms with Gasteiger partial charge in [-0.3, -0.25) is 27.7 Å². The number of nitrogen functional groups attached to an aromatic ring is 1. The molecule has 2 aromatic rings. The van der Waals surface area contributed by atoms with E-state index < -0.39 is 78.6 Å². The number of aliphatic hydroxyl groups excluding tert-OH is 2. The molecule has 0 bridgehead atoms. The Labute approximate surface area is 364 Å². The van der Waals surface area contributed by atoms with Crippen LogP contribution in [0.25, 0.3) is 11.2 Å². The molecule has 0 radical (unpaired) electrons. The third kappa shape index (κ3) is 19.0. The number of nitrogens with two attached hydrogens (primary N) is 1. The number of unbranched alkanes of at least 4 members (excludes halogenated alkanes) is 8. The Morgan fingerprint density at radius 3 is 2.31 bits per heavy atom. The molecule has 1 saturated heterocycles. The summed E-state index contributed by atoms with van der Waals surface area (Å²) in [7, 11) is -16.3. The lowest BCUT2D eigenvalue weighted by molar-refractivity contribution is -0.137. The first-order valence-electron chi connectivity index (χ1n) is 20.3. The summed E-state index contributed by atoms with van der Waals surface area (Å²) in [5, 5.41) is 26.7. The van der Waals surface area contributed by atoms with Crippen molar-refractivity contribution in [3.8, 4) is 0 Å². The van der Waals surface area contributed by atoms with Crippen LogP contribution in [0.4, 0.5) is 5.82 Å². The molecule has 3 heterocycles. The number of imidazole rings is 1. The number of hydrogen-bond donors (Lipinski definition) is 9. The monoisotopic (exact) mass is 961 g/mol. The van der Waals surface area contributed by atoms with Gasteiger partial charge in [0.2, 0.25) is 11.8 Å². The Hall–Kier alpha value is -2.37. The second-order valence-corrected chi connectivity index (χ2v) is 20.7. The Kier molecular flexibility index (Phi) is 22.6. The average molecular weight is 962 g/mol. The topological polar surface area (TPSA) is 347 Å². The van der Waals surface area contributed by atoms with Crippen molar-refractivity contribution in [2.45, 2.75) is 122 Å². The lowest BCUT2D eigenvalue weighted by Crippen LogP contribution is -2.46. The maximum atomic E-state index is 12.7. The van der Waals surface area contributed by atoms with Crippen LogP contribution in [0.2, 0.25) is 0 Å². The highest BCUT2D eigenvalue weighted by molar-refractivity contribution is 7.99. The molecule has 1 aliphatic heterocycles. The number of aromatic nitrogens is 4. The lowest BCUT2D eigenvalue weighted by Gasteiger charge is -2.30. The lowest BCUT2D eigenvalue weighted by atomic mass is 9.87. The van der Waals surface area contributed by atoms with Crippen LogP contribution in [0.15, 0.2) is 24.8 Å². The molecule has 0 aromatic carbocycles. The van der Waals surface area contributed by atoms with Gasteiger partial charge in [0.15, 0.2) is 17.7 Å². The van der Waals surface area contributed by atoms with Gasteiger partial charge < -0.3 is 50.9 Å². The molecule has 10 N–H and O–H groups in total. The van der Waals surface area contributed by atoms with Gasteiger partial charge in [-0.15, -0.1) is 0 Å². The Balaban J connectivity index is 1.35. The maximum Gasteiger partial charge on any atom is 0.481 e. The van der Waals surface area contributed by atoms with Crippen LogP contribution in [0.1, 0.15) is 97.6 Å². The van der Waals surface area contributed by atoms with E-state index >= 15 is 0 Å². The zero-order valence-corrected chi connectivity index (χ0v) is 38.6.